The smallest absolute Gasteiger partial charge is 0.229 e. The van der Waals surface area contributed by atoms with Crippen LogP contribution in [0.25, 0.3) is 11.3 Å². The number of piperidine rings is 1. The summed E-state index contributed by atoms with van der Waals surface area (Å²) in [5.41, 5.74) is 0.922. The van der Waals surface area contributed by atoms with Crippen molar-refractivity contribution in [3.05, 3.63) is 34.7 Å². The molecule has 1 fully saturated rings. The number of aryl methyl sites for hydroxylation is 1. The van der Waals surface area contributed by atoms with Gasteiger partial charge in [0, 0.05) is 29.4 Å². The van der Waals surface area contributed by atoms with Gasteiger partial charge in [-0.2, -0.15) is 0 Å². The standard InChI is InChI=1S/C17H19F2N3O3S2/c1-10-15(12-3-4-13(18)14(19)9-12)20-17(26-10)21-16(23)11-5-7-22(8-6-11)27(2,24)25/h3-4,9,11H,5-8H2,1-2H3,(H,20,21,23). The first-order valence-corrected chi connectivity index (χ1v) is 11.0. The number of aromatic nitrogens is 1. The number of amides is 1. The van der Waals surface area contributed by atoms with Gasteiger partial charge < -0.3 is 5.32 Å². The molecule has 0 radical (unpaired) electrons. The van der Waals surface area contributed by atoms with E-state index in [1.165, 1.54) is 21.7 Å². The van der Waals surface area contributed by atoms with Crippen LogP contribution in [-0.4, -0.2) is 43.0 Å². The van der Waals surface area contributed by atoms with E-state index in [1.54, 1.807) is 6.92 Å². The van der Waals surface area contributed by atoms with Gasteiger partial charge in [0.15, 0.2) is 16.8 Å². The first kappa shape index (κ1) is 19.8. The monoisotopic (exact) mass is 415 g/mol. The maximum absolute atomic E-state index is 13.5. The third kappa shape index (κ3) is 4.50. The van der Waals surface area contributed by atoms with E-state index < -0.39 is 21.7 Å². The summed E-state index contributed by atoms with van der Waals surface area (Å²) in [5.74, 6) is -2.39. The molecule has 10 heteroatoms. The fraction of sp³-hybridized carbons (Fsp3) is 0.412. The molecule has 1 aliphatic rings. The highest BCUT2D eigenvalue weighted by Gasteiger charge is 2.29. The van der Waals surface area contributed by atoms with Crippen molar-refractivity contribution in [2.75, 3.05) is 24.7 Å². The Kier molecular flexibility index (Phi) is 5.59. The van der Waals surface area contributed by atoms with Gasteiger partial charge in [-0.15, -0.1) is 11.3 Å². The number of thiazole rings is 1. The second kappa shape index (κ2) is 7.61. The van der Waals surface area contributed by atoms with Crippen LogP contribution in [-0.2, 0) is 14.8 Å². The van der Waals surface area contributed by atoms with E-state index in [0.717, 1.165) is 23.3 Å². The predicted octanol–water partition coefficient (Wildman–Crippen LogP) is 3.01. The van der Waals surface area contributed by atoms with Crippen LogP contribution in [0, 0.1) is 24.5 Å². The van der Waals surface area contributed by atoms with Crippen LogP contribution in [0.4, 0.5) is 13.9 Å². The van der Waals surface area contributed by atoms with E-state index >= 15 is 0 Å². The Hall–Kier alpha value is -1.91. The lowest BCUT2D eigenvalue weighted by Gasteiger charge is -2.29. The Morgan fingerprint density at radius 2 is 1.93 bits per heavy atom. The van der Waals surface area contributed by atoms with Crippen LogP contribution in [0.15, 0.2) is 18.2 Å². The van der Waals surface area contributed by atoms with Crippen LogP contribution >= 0.6 is 11.3 Å². The molecule has 1 N–H and O–H groups in total. The number of carbonyl (C=O) groups is 1. The third-order valence-corrected chi connectivity index (χ3v) is 6.70. The van der Waals surface area contributed by atoms with E-state index in [-0.39, 0.29) is 11.8 Å². The number of hydrogen-bond acceptors (Lipinski definition) is 5. The molecule has 3 rings (SSSR count). The van der Waals surface area contributed by atoms with Crippen molar-refractivity contribution in [1.29, 1.82) is 0 Å². The highest BCUT2D eigenvalue weighted by Crippen LogP contribution is 2.32. The number of nitrogens with zero attached hydrogens (tertiary/aromatic N) is 2. The van der Waals surface area contributed by atoms with Crippen LogP contribution < -0.4 is 5.32 Å². The molecule has 2 heterocycles. The zero-order chi connectivity index (χ0) is 19.8. The number of hydrogen-bond donors (Lipinski definition) is 1. The van der Waals surface area contributed by atoms with E-state index in [0.29, 0.717) is 42.3 Å². The number of carbonyl (C=O) groups excluding carboxylic acids is 1. The molecule has 0 atom stereocenters. The van der Waals surface area contributed by atoms with Gasteiger partial charge in [0.05, 0.1) is 11.9 Å². The fourth-order valence-corrected chi connectivity index (χ4v) is 4.73. The molecule has 146 valence electrons. The zero-order valence-corrected chi connectivity index (χ0v) is 16.5. The average molecular weight is 415 g/mol. The minimum atomic E-state index is -3.24. The largest absolute Gasteiger partial charge is 0.302 e. The first-order chi connectivity index (χ1) is 12.6. The van der Waals surface area contributed by atoms with Crippen LogP contribution in [0.1, 0.15) is 17.7 Å². The minimum Gasteiger partial charge on any atom is -0.302 e. The van der Waals surface area contributed by atoms with Gasteiger partial charge in [0.1, 0.15) is 0 Å². The lowest BCUT2D eigenvalue weighted by Crippen LogP contribution is -2.40. The quantitative estimate of drug-likeness (QED) is 0.833. The van der Waals surface area contributed by atoms with Gasteiger partial charge in [-0.25, -0.2) is 26.5 Å². The van der Waals surface area contributed by atoms with Crippen molar-refractivity contribution >= 4 is 32.4 Å². The van der Waals surface area contributed by atoms with E-state index in [9.17, 15) is 22.0 Å². The number of benzene rings is 1. The number of rotatable bonds is 4. The molecule has 1 aliphatic heterocycles. The molecule has 6 nitrogen and oxygen atoms in total. The van der Waals surface area contributed by atoms with Gasteiger partial charge >= 0.3 is 0 Å². The Balaban J connectivity index is 1.68. The first-order valence-electron chi connectivity index (χ1n) is 8.34. The molecule has 0 saturated carbocycles. The summed E-state index contributed by atoms with van der Waals surface area (Å²) in [4.78, 5) is 17.6. The molecule has 0 bridgehead atoms. The van der Waals surface area contributed by atoms with Crippen molar-refractivity contribution in [3.63, 3.8) is 0 Å². The Morgan fingerprint density at radius 1 is 1.26 bits per heavy atom. The number of sulfonamides is 1. The zero-order valence-electron chi connectivity index (χ0n) is 14.8. The lowest BCUT2D eigenvalue weighted by atomic mass is 9.97. The summed E-state index contributed by atoms with van der Waals surface area (Å²) in [6.07, 6.45) is 2.05. The van der Waals surface area contributed by atoms with E-state index in [4.69, 9.17) is 0 Å². The summed E-state index contributed by atoms with van der Waals surface area (Å²) < 4.78 is 51.0. The third-order valence-electron chi connectivity index (χ3n) is 4.51. The second-order valence-electron chi connectivity index (χ2n) is 6.48. The van der Waals surface area contributed by atoms with Crippen molar-refractivity contribution in [2.24, 2.45) is 5.92 Å². The van der Waals surface area contributed by atoms with Crippen LogP contribution in [0.3, 0.4) is 0 Å². The Morgan fingerprint density at radius 3 is 2.52 bits per heavy atom. The second-order valence-corrected chi connectivity index (χ2v) is 9.66. The SMILES string of the molecule is Cc1sc(NC(=O)C2CCN(S(C)(=O)=O)CC2)nc1-c1ccc(F)c(F)c1. The molecular weight excluding hydrogens is 396 g/mol. The van der Waals surface area contributed by atoms with Gasteiger partial charge in [-0.3, -0.25) is 4.79 Å². The molecule has 0 aliphatic carbocycles. The molecule has 1 saturated heterocycles. The van der Waals surface area contributed by atoms with Crippen LogP contribution in [0.2, 0.25) is 0 Å². The normalized spacial score (nSPS) is 16.4. The molecule has 0 spiro atoms. The molecule has 2 aromatic rings. The maximum atomic E-state index is 13.5. The summed E-state index contributed by atoms with van der Waals surface area (Å²) >= 11 is 1.25. The van der Waals surface area contributed by atoms with Gasteiger partial charge in [0.25, 0.3) is 0 Å². The maximum Gasteiger partial charge on any atom is 0.229 e. The van der Waals surface area contributed by atoms with Crippen molar-refractivity contribution in [3.8, 4) is 11.3 Å². The topological polar surface area (TPSA) is 79.4 Å². The molecule has 1 aromatic heterocycles. The number of anilines is 1. The van der Waals surface area contributed by atoms with Crippen molar-refractivity contribution < 1.29 is 22.0 Å². The minimum absolute atomic E-state index is 0.214. The van der Waals surface area contributed by atoms with Crippen LogP contribution in [0.5, 0.6) is 0 Å². The molecule has 0 unspecified atom stereocenters. The van der Waals surface area contributed by atoms with E-state index in [2.05, 4.69) is 10.3 Å². The average Bonchev–Trinajstić information content (AvgIpc) is 2.97. The molecule has 27 heavy (non-hydrogen) atoms. The van der Waals surface area contributed by atoms with E-state index in [1.807, 2.05) is 0 Å². The number of nitrogens with one attached hydrogen (secondary N) is 1. The fourth-order valence-electron chi connectivity index (χ4n) is 3.02. The summed E-state index contributed by atoms with van der Waals surface area (Å²) in [5, 5.41) is 3.13. The van der Waals surface area contributed by atoms with Crippen molar-refractivity contribution in [2.45, 2.75) is 19.8 Å². The Labute approximate surface area is 160 Å². The number of halogens is 2. The van der Waals surface area contributed by atoms with Gasteiger partial charge in [0.2, 0.25) is 15.9 Å². The molecule has 1 amide bonds. The highest BCUT2D eigenvalue weighted by molar-refractivity contribution is 7.88. The summed E-state index contributed by atoms with van der Waals surface area (Å²) in [6, 6.07) is 3.55. The molecule has 1 aromatic carbocycles. The van der Waals surface area contributed by atoms with Gasteiger partial charge in [-0.1, -0.05) is 0 Å². The lowest BCUT2D eigenvalue weighted by molar-refractivity contribution is -0.120. The Bertz CT molecular complexity index is 968. The molecular formula is C17H19F2N3O3S2. The highest BCUT2D eigenvalue weighted by atomic mass is 32.2. The predicted molar refractivity (Wildman–Crippen MR) is 100.0 cm³/mol. The summed E-state index contributed by atoms with van der Waals surface area (Å²) in [6.45, 7) is 2.41. The summed E-state index contributed by atoms with van der Waals surface area (Å²) in [7, 11) is -3.24. The van der Waals surface area contributed by atoms with Crippen molar-refractivity contribution in [1.82, 2.24) is 9.29 Å². The van der Waals surface area contributed by atoms with Gasteiger partial charge in [-0.05, 0) is 38.0 Å².